The highest BCUT2D eigenvalue weighted by Gasteiger charge is 1.92. The summed E-state index contributed by atoms with van der Waals surface area (Å²) in [6, 6.07) is 0. The molecule has 2 heteroatoms. The average molecular weight is 176 g/mol. The van der Waals surface area contributed by atoms with Crippen LogP contribution < -0.4 is 0 Å². The molecule has 0 atom stereocenters. The summed E-state index contributed by atoms with van der Waals surface area (Å²) in [7, 11) is 0. The molecule has 10 heavy (non-hydrogen) atoms. The molecule has 0 saturated heterocycles. The third-order valence-electron chi connectivity index (χ3n) is 1.46. The van der Waals surface area contributed by atoms with Crippen molar-refractivity contribution in [3.8, 4) is 0 Å². The maximum atomic E-state index is 5.07. The van der Waals surface area contributed by atoms with E-state index in [1.807, 2.05) is 0 Å². The number of rotatable bonds is 5. The van der Waals surface area contributed by atoms with Crippen LogP contribution in [0.15, 0.2) is 0 Å². The fourth-order valence-corrected chi connectivity index (χ4v) is 1.29. The molecule has 0 heterocycles. The first-order chi connectivity index (χ1) is 4.81. The van der Waals surface area contributed by atoms with Crippen LogP contribution in [0.1, 0.15) is 39.0 Å². The minimum absolute atomic E-state index is 1.14. The van der Waals surface area contributed by atoms with Crippen LogP contribution in [0.3, 0.4) is 0 Å². The lowest BCUT2D eigenvalue weighted by atomic mass is 10.2. The summed E-state index contributed by atoms with van der Waals surface area (Å²) in [6.07, 6.45) is 8.49. The molecule has 60 valence electrons. The highest BCUT2D eigenvalue weighted by molar-refractivity contribution is 8.22. The van der Waals surface area contributed by atoms with Crippen molar-refractivity contribution in [2.75, 3.05) is 6.26 Å². The van der Waals surface area contributed by atoms with E-state index in [2.05, 4.69) is 13.2 Å². The monoisotopic (exact) mass is 176 g/mol. The predicted molar refractivity (Wildman–Crippen MR) is 54.9 cm³/mol. The molecule has 0 aliphatic carbocycles. The zero-order valence-corrected chi connectivity index (χ0v) is 8.49. The average Bonchev–Trinajstić information content (AvgIpc) is 1.98. The fraction of sp³-hybridized carbons (Fsp3) is 0.875. The number of thioether (sulfide) groups is 1. The Labute approximate surface area is 73.8 Å². The van der Waals surface area contributed by atoms with E-state index in [-0.39, 0.29) is 0 Å². The maximum absolute atomic E-state index is 5.07. The lowest BCUT2D eigenvalue weighted by Gasteiger charge is -1.98. The van der Waals surface area contributed by atoms with E-state index >= 15 is 0 Å². The van der Waals surface area contributed by atoms with E-state index < -0.39 is 0 Å². The quantitative estimate of drug-likeness (QED) is 0.463. The van der Waals surface area contributed by atoms with E-state index in [0.29, 0.717) is 0 Å². The Morgan fingerprint density at radius 2 is 2.00 bits per heavy atom. The van der Waals surface area contributed by atoms with Gasteiger partial charge in [0.25, 0.3) is 0 Å². The van der Waals surface area contributed by atoms with Gasteiger partial charge < -0.3 is 0 Å². The molecule has 0 fully saturated rings. The van der Waals surface area contributed by atoms with Crippen molar-refractivity contribution in [2.45, 2.75) is 39.0 Å². The van der Waals surface area contributed by atoms with Crippen molar-refractivity contribution >= 4 is 28.2 Å². The van der Waals surface area contributed by atoms with Gasteiger partial charge in [-0.05, 0) is 19.1 Å². The second kappa shape index (κ2) is 7.55. The smallest absolute Gasteiger partial charge is 0.0475 e. The molecule has 0 aliphatic heterocycles. The molecule has 0 rings (SSSR count). The molecule has 0 aliphatic rings. The highest BCUT2D eigenvalue weighted by atomic mass is 32.2. The van der Waals surface area contributed by atoms with Gasteiger partial charge in [0.05, 0.1) is 0 Å². The minimum Gasteiger partial charge on any atom is -0.122 e. The SMILES string of the molecule is CCCCCCC(=S)SC. The summed E-state index contributed by atoms with van der Waals surface area (Å²) in [5, 5.41) is 0. The molecule has 0 aromatic rings. The number of hydrogen-bond acceptors (Lipinski definition) is 2. The molecule has 0 aromatic carbocycles. The Morgan fingerprint density at radius 1 is 1.30 bits per heavy atom. The van der Waals surface area contributed by atoms with Crippen LogP contribution in [0.5, 0.6) is 0 Å². The van der Waals surface area contributed by atoms with E-state index in [0.717, 1.165) is 10.6 Å². The van der Waals surface area contributed by atoms with E-state index in [4.69, 9.17) is 12.2 Å². The summed E-state index contributed by atoms with van der Waals surface area (Å²) < 4.78 is 1.16. The maximum Gasteiger partial charge on any atom is 0.0475 e. The third-order valence-corrected chi connectivity index (χ3v) is 2.83. The lowest BCUT2D eigenvalue weighted by Crippen LogP contribution is -1.86. The van der Waals surface area contributed by atoms with Gasteiger partial charge in [0.15, 0.2) is 0 Å². The number of unbranched alkanes of at least 4 members (excludes halogenated alkanes) is 3. The molecule has 0 amide bonds. The third kappa shape index (κ3) is 6.56. The Balaban J connectivity index is 2.96. The summed E-state index contributed by atoms with van der Waals surface area (Å²) in [5.41, 5.74) is 0. The Kier molecular flexibility index (Phi) is 7.88. The lowest BCUT2D eigenvalue weighted by molar-refractivity contribution is 0.686. The predicted octanol–water partition coefficient (Wildman–Crippen LogP) is 3.65. The Bertz CT molecular complexity index is 89.3. The second-order valence-electron chi connectivity index (χ2n) is 2.39. The van der Waals surface area contributed by atoms with E-state index in [1.54, 1.807) is 11.8 Å². The molecule has 0 N–H and O–H groups in total. The zero-order chi connectivity index (χ0) is 7.82. The van der Waals surface area contributed by atoms with Gasteiger partial charge in [-0.1, -0.05) is 38.4 Å². The molecular weight excluding hydrogens is 160 g/mol. The summed E-state index contributed by atoms with van der Waals surface area (Å²) in [4.78, 5) is 0. The Hall–Kier alpha value is 0.440. The minimum atomic E-state index is 1.14. The van der Waals surface area contributed by atoms with Gasteiger partial charge >= 0.3 is 0 Å². The van der Waals surface area contributed by atoms with Gasteiger partial charge in [0, 0.05) is 4.20 Å². The summed E-state index contributed by atoms with van der Waals surface area (Å²) in [5.74, 6) is 0. The van der Waals surface area contributed by atoms with E-state index in [1.165, 1.54) is 25.7 Å². The van der Waals surface area contributed by atoms with Gasteiger partial charge in [-0.3, -0.25) is 0 Å². The van der Waals surface area contributed by atoms with Crippen LogP contribution in [0.4, 0.5) is 0 Å². The molecule has 0 nitrogen and oxygen atoms in total. The van der Waals surface area contributed by atoms with Gasteiger partial charge in [0.2, 0.25) is 0 Å². The van der Waals surface area contributed by atoms with E-state index in [9.17, 15) is 0 Å². The largest absolute Gasteiger partial charge is 0.122 e. The number of hydrogen-bond donors (Lipinski definition) is 0. The summed E-state index contributed by atoms with van der Waals surface area (Å²) >= 11 is 6.78. The van der Waals surface area contributed by atoms with Gasteiger partial charge in [-0.25, -0.2) is 0 Å². The Morgan fingerprint density at radius 3 is 2.50 bits per heavy atom. The first-order valence-corrected chi connectivity index (χ1v) is 5.51. The molecule has 0 unspecified atom stereocenters. The van der Waals surface area contributed by atoms with Crippen molar-refractivity contribution in [2.24, 2.45) is 0 Å². The van der Waals surface area contributed by atoms with Gasteiger partial charge in [0.1, 0.15) is 0 Å². The first kappa shape index (κ1) is 10.4. The number of thiocarbonyl (C=S) groups is 1. The molecule has 0 spiro atoms. The molecule has 0 radical (unpaired) electrons. The van der Waals surface area contributed by atoms with Crippen LogP contribution in [-0.2, 0) is 0 Å². The first-order valence-electron chi connectivity index (χ1n) is 3.88. The van der Waals surface area contributed by atoms with Crippen LogP contribution in [-0.4, -0.2) is 10.5 Å². The molecule has 0 aromatic heterocycles. The van der Waals surface area contributed by atoms with Crippen molar-refractivity contribution < 1.29 is 0 Å². The standard InChI is InChI=1S/C8H16S2/c1-3-4-5-6-7-8(9)10-2/h3-7H2,1-2H3. The zero-order valence-electron chi connectivity index (χ0n) is 6.85. The van der Waals surface area contributed by atoms with Gasteiger partial charge in [-0.15, -0.1) is 11.8 Å². The van der Waals surface area contributed by atoms with Crippen LogP contribution >= 0.6 is 24.0 Å². The van der Waals surface area contributed by atoms with Crippen LogP contribution in [0.25, 0.3) is 0 Å². The van der Waals surface area contributed by atoms with Crippen molar-refractivity contribution in [3.05, 3.63) is 0 Å². The fourth-order valence-electron chi connectivity index (χ4n) is 0.798. The van der Waals surface area contributed by atoms with Crippen molar-refractivity contribution in [1.29, 1.82) is 0 Å². The van der Waals surface area contributed by atoms with Crippen LogP contribution in [0, 0.1) is 0 Å². The highest BCUT2D eigenvalue weighted by Crippen LogP contribution is 2.09. The molecular formula is C8H16S2. The summed E-state index contributed by atoms with van der Waals surface area (Å²) in [6.45, 7) is 2.23. The van der Waals surface area contributed by atoms with Gasteiger partial charge in [-0.2, -0.15) is 0 Å². The normalized spacial score (nSPS) is 9.80. The second-order valence-corrected chi connectivity index (χ2v) is 4.04. The molecule has 0 saturated carbocycles. The molecule has 0 bridgehead atoms. The van der Waals surface area contributed by atoms with Crippen molar-refractivity contribution in [3.63, 3.8) is 0 Å². The topological polar surface area (TPSA) is 0 Å². The van der Waals surface area contributed by atoms with Crippen LogP contribution in [0.2, 0.25) is 0 Å². The van der Waals surface area contributed by atoms with Crippen molar-refractivity contribution in [1.82, 2.24) is 0 Å².